The molecule has 0 spiro atoms. The number of carbonyl (C=O) groups excluding carboxylic acids is 1. The van der Waals surface area contributed by atoms with Gasteiger partial charge in [-0.15, -0.1) is 0 Å². The third-order valence-electron chi connectivity index (χ3n) is 6.74. The molecule has 6 heteroatoms. The van der Waals surface area contributed by atoms with Crippen molar-refractivity contribution >= 4 is 5.91 Å². The molecule has 6 nitrogen and oxygen atoms in total. The van der Waals surface area contributed by atoms with E-state index in [2.05, 4.69) is 19.6 Å². The Hall–Kier alpha value is -0.690. The van der Waals surface area contributed by atoms with E-state index in [-0.39, 0.29) is 0 Å². The van der Waals surface area contributed by atoms with E-state index in [1.807, 2.05) is 0 Å². The smallest absolute Gasteiger partial charge is 0.236 e. The van der Waals surface area contributed by atoms with E-state index >= 15 is 0 Å². The van der Waals surface area contributed by atoms with Gasteiger partial charge in [-0.1, -0.05) is 6.42 Å². The van der Waals surface area contributed by atoms with Gasteiger partial charge in [0.2, 0.25) is 5.91 Å². The van der Waals surface area contributed by atoms with E-state index in [9.17, 15) is 4.79 Å². The summed E-state index contributed by atoms with van der Waals surface area (Å²) in [4.78, 5) is 22.3. The number of nitrogens with zero attached hydrogens (tertiary/aromatic N) is 4. The van der Waals surface area contributed by atoms with Crippen LogP contribution in [0.25, 0.3) is 0 Å². The lowest BCUT2D eigenvalue weighted by molar-refractivity contribution is -0.135. The largest absolute Gasteiger partial charge is 0.379 e. The molecule has 142 valence electrons. The van der Waals surface area contributed by atoms with Crippen molar-refractivity contribution in [3.63, 3.8) is 0 Å². The molecule has 0 atom stereocenters. The van der Waals surface area contributed by atoms with Gasteiger partial charge >= 0.3 is 0 Å². The van der Waals surface area contributed by atoms with Crippen molar-refractivity contribution in [1.82, 2.24) is 19.6 Å². The van der Waals surface area contributed by atoms with Crippen molar-refractivity contribution in [3.05, 3.63) is 0 Å². The van der Waals surface area contributed by atoms with Crippen LogP contribution in [0.2, 0.25) is 0 Å². The molecule has 4 rings (SSSR count). The number of piperidine rings is 1. The maximum atomic E-state index is 12.6. The Morgan fingerprint density at radius 1 is 0.760 bits per heavy atom. The fourth-order valence-electron chi connectivity index (χ4n) is 4.76. The summed E-state index contributed by atoms with van der Waals surface area (Å²) in [5.41, 5.74) is 0. The first kappa shape index (κ1) is 17.7. The minimum atomic E-state index is 0.345. The molecule has 4 aliphatic rings. The number of amides is 1. The average molecular weight is 351 g/mol. The highest BCUT2D eigenvalue weighted by atomic mass is 16.5. The van der Waals surface area contributed by atoms with Gasteiger partial charge in [-0.2, -0.15) is 0 Å². The first-order chi connectivity index (χ1) is 12.3. The second-order valence-electron chi connectivity index (χ2n) is 8.16. The summed E-state index contributed by atoms with van der Waals surface area (Å²) in [6.07, 6.45) is 6.52. The number of morpholine rings is 1. The molecule has 3 aliphatic heterocycles. The molecular weight excluding hydrogens is 316 g/mol. The zero-order chi connectivity index (χ0) is 17.1. The Kier molecular flexibility index (Phi) is 5.90. The van der Waals surface area contributed by atoms with E-state index in [0.29, 0.717) is 18.5 Å². The van der Waals surface area contributed by atoms with E-state index in [4.69, 9.17) is 4.74 Å². The van der Waals surface area contributed by atoms with Crippen LogP contribution < -0.4 is 0 Å². The summed E-state index contributed by atoms with van der Waals surface area (Å²) in [6, 6.07) is 1.51. The standard InChI is InChI=1S/C19H34N4O2/c24-19(23-10-8-21(9-11-23)17-2-1-3-17)16-20-6-4-18(5-7-20)22-12-14-25-15-13-22/h17-18H,1-16H2. The lowest BCUT2D eigenvalue weighted by Crippen LogP contribution is -2.55. The average Bonchev–Trinajstić information content (AvgIpc) is 2.62. The zero-order valence-corrected chi connectivity index (χ0v) is 15.6. The van der Waals surface area contributed by atoms with Crippen LogP contribution in [0, 0.1) is 0 Å². The normalized spacial score (nSPS) is 28.9. The quantitative estimate of drug-likeness (QED) is 0.738. The lowest BCUT2D eigenvalue weighted by atomic mass is 9.91. The van der Waals surface area contributed by atoms with E-state index in [1.165, 1.54) is 32.1 Å². The Labute approximate surface area is 152 Å². The molecule has 25 heavy (non-hydrogen) atoms. The highest BCUT2D eigenvalue weighted by molar-refractivity contribution is 5.78. The summed E-state index contributed by atoms with van der Waals surface area (Å²) >= 11 is 0. The van der Waals surface area contributed by atoms with Crippen LogP contribution in [0.1, 0.15) is 32.1 Å². The lowest BCUT2D eigenvalue weighted by Gasteiger charge is -2.43. The monoisotopic (exact) mass is 350 g/mol. The van der Waals surface area contributed by atoms with Gasteiger partial charge in [0.05, 0.1) is 19.8 Å². The number of hydrogen-bond donors (Lipinski definition) is 0. The van der Waals surface area contributed by atoms with Crippen LogP contribution in [0.4, 0.5) is 0 Å². The molecule has 1 saturated carbocycles. The number of rotatable bonds is 4. The topological polar surface area (TPSA) is 39.3 Å². The fourth-order valence-corrected chi connectivity index (χ4v) is 4.76. The van der Waals surface area contributed by atoms with Crippen LogP contribution in [0.3, 0.4) is 0 Å². The number of ether oxygens (including phenoxy) is 1. The Morgan fingerprint density at radius 2 is 1.36 bits per heavy atom. The minimum Gasteiger partial charge on any atom is -0.379 e. The molecule has 0 bridgehead atoms. The molecule has 4 fully saturated rings. The minimum absolute atomic E-state index is 0.345. The number of piperazine rings is 1. The highest BCUT2D eigenvalue weighted by Gasteiger charge is 2.31. The molecule has 0 aromatic heterocycles. The summed E-state index contributed by atoms with van der Waals surface area (Å²) in [6.45, 7) is 10.7. The summed E-state index contributed by atoms with van der Waals surface area (Å²) in [5.74, 6) is 0.345. The second kappa shape index (κ2) is 8.33. The van der Waals surface area contributed by atoms with Crippen LogP contribution in [-0.2, 0) is 9.53 Å². The fraction of sp³-hybridized carbons (Fsp3) is 0.947. The SMILES string of the molecule is O=C(CN1CCC(N2CCOCC2)CC1)N1CCN(C2CCC2)CC1. The number of carbonyl (C=O) groups is 1. The predicted octanol–water partition coefficient (Wildman–Crippen LogP) is 0.480. The second-order valence-corrected chi connectivity index (χ2v) is 8.16. The van der Waals surface area contributed by atoms with E-state index in [0.717, 1.165) is 71.6 Å². The van der Waals surface area contributed by atoms with Crippen LogP contribution in [0.15, 0.2) is 0 Å². The third-order valence-corrected chi connectivity index (χ3v) is 6.74. The Bertz CT molecular complexity index is 435. The Balaban J connectivity index is 1.16. The maximum absolute atomic E-state index is 12.6. The van der Waals surface area contributed by atoms with Crippen molar-refractivity contribution in [2.75, 3.05) is 72.1 Å². The van der Waals surface area contributed by atoms with Gasteiger partial charge in [-0.3, -0.25) is 19.5 Å². The van der Waals surface area contributed by atoms with Crippen LogP contribution in [0.5, 0.6) is 0 Å². The Morgan fingerprint density at radius 3 is 1.96 bits per heavy atom. The summed E-state index contributed by atoms with van der Waals surface area (Å²) in [5, 5.41) is 0. The molecule has 0 radical (unpaired) electrons. The van der Waals surface area contributed by atoms with Crippen molar-refractivity contribution in [1.29, 1.82) is 0 Å². The van der Waals surface area contributed by atoms with Gasteiger partial charge in [0, 0.05) is 64.4 Å². The van der Waals surface area contributed by atoms with Crippen molar-refractivity contribution < 1.29 is 9.53 Å². The van der Waals surface area contributed by atoms with Gasteiger partial charge in [0.15, 0.2) is 0 Å². The molecule has 0 aromatic carbocycles. The van der Waals surface area contributed by atoms with Crippen LogP contribution in [-0.4, -0.2) is 110 Å². The van der Waals surface area contributed by atoms with Crippen LogP contribution >= 0.6 is 0 Å². The summed E-state index contributed by atoms with van der Waals surface area (Å²) in [7, 11) is 0. The first-order valence-electron chi connectivity index (χ1n) is 10.4. The van der Waals surface area contributed by atoms with E-state index < -0.39 is 0 Å². The third kappa shape index (κ3) is 4.35. The highest BCUT2D eigenvalue weighted by Crippen LogP contribution is 2.25. The molecule has 0 N–H and O–H groups in total. The zero-order valence-electron chi connectivity index (χ0n) is 15.6. The molecule has 0 unspecified atom stereocenters. The molecule has 1 aliphatic carbocycles. The first-order valence-corrected chi connectivity index (χ1v) is 10.4. The van der Waals surface area contributed by atoms with Crippen molar-refractivity contribution in [2.45, 2.75) is 44.2 Å². The number of likely N-dealkylation sites (tertiary alicyclic amines) is 1. The van der Waals surface area contributed by atoms with Gasteiger partial charge in [0.1, 0.15) is 0 Å². The molecule has 3 saturated heterocycles. The molecule has 1 amide bonds. The molecule has 0 aromatic rings. The van der Waals surface area contributed by atoms with Gasteiger partial charge in [-0.05, 0) is 25.7 Å². The number of hydrogen-bond acceptors (Lipinski definition) is 5. The van der Waals surface area contributed by atoms with Gasteiger partial charge in [0.25, 0.3) is 0 Å². The summed E-state index contributed by atoms with van der Waals surface area (Å²) < 4.78 is 5.46. The van der Waals surface area contributed by atoms with Gasteiger partial charge < -0.3 is 9.64 Å². The van der Waals surface area contributed by atoms with Crippen molar-refractivity contribution in [3.8, 4) is 0 Å². The van der Waals surface area contributed by atoms with E-state index in [1.54, 1.807) is 0 Å². The predicted molar refractivity (Wildman–Crippen MR) is 97.6 cm³/mol. The van der Waals surface area contributed by atoms with Gasteiger partial charge in [-0.25, -0.2) is 0 Å². The molecular formula is C19H34N4O2. The molecule has 3 heterocycles. The van der Waals surface area contributed by atoms with Crippen molar-refractivity contribution in [2.24, 2.45) is 0 Å². The maximum Gasteiger partial charge on any atom is 0.236 e.